The summed E-state index contributed by atoms with van der Waals surface area (Å²) < 4.78 is 1.68. The summed E-state index contributed by atoms with van der Waals surface area (Å²) >= 11 is 0. The van der Waals surface area contributed by atoms with Gasteiger partial charge in [-0.2, -0.15) is 5.10 Å². The van der Waals surface area contributed by atoms with Crippen LogP contribution in [0, 0.1) is 12.8 Å². The molecule has 4 rings (SSSR count). The number of amides is 1. The fourth-order valence-electron chi connectivity index (χ4n) is 3.27. The van der Waals surface area contributed by atoms with Crippen LogP contribution in [0.15, 0.2) is 30.6 Å². The van der Waals surface area contributed by atoms with Crippen molar-refractivity contribution in [1.29, 1.82) is 0 Å². The van der Waals surface area contributed by atoms with E-state index in [0.717, 1.165) is 18.2 Å². The van der Waals surface area contributed by atoms with Gasteiger partial charge < -0.3 is 10.6 Å². The summed E-state index contributed by atoms with van der Waals surface area (Å²) in [6.07, 6.45) is 7.40. The van der Waals surface area contributed by atoms with Gasteiger partial charge in [0, 0.05) is 30.8 Å². The molecular formula is C19H26Cl2N4O. The number of carbonyl (C=O) groups excluding carboxylic acids is 1. The summed E-state index contributed by atoms with van der Waals surface area (Å²) in [6.45, 7) is 3.29. The van der Waals surface area contributed by atoms with E-state index in [-0.39, 0.29) is 30.7 Å². The van der Waals surface area contributed by atoms with Crippen molar-refractivity contribution in [3.63, 3.8) is 0 Å². The fourth-order valence-corrected chi connectivity index (χ4v) is 3.27. The molecule has 2 fully saturated rings. The predicted octanol–water partition coefficient (Wildman–Crippen LogP) is 3.68. The Morgan fingerprint density at radius 2 is 2.08 bits per heavy atom. The van der Waals surface area contributed by atoms with Crippen LogP contribution < -0.4 is 10.6 Å². The van der Waals surface area contributed by atoms with Gasteiger partial charge in [-0.1, -0.05) is 6.07 Å². The standard InChI is InChI=1S/C19H24N4O.2ClH/c1-12-3-6-14(19(24)22-15-10-21-23(2)11-15)7-16(12)17-8-18(17)20-9-13-4-5-13;;/h3,6-7,10-11,13,17-18,20H,4-5,8-9H2,1-2H3,(H,22,24);2*1H/t17-,18+;;/m0../s1. The van der Waals surface area contributed by atoms with Crippen molar-refractivity contribution in [3.05, 3.63) is 47.3 Å². The molecule has 0 aliphatic heterocycles. The van der Waals surface area contributed by atoms with Crippen LogP contribution in [0.3, 0.4) is 0 Å². The van der Waals surface area contributed by atoms with Gasteiger partial charge in [0.15, 0.2) is 0 Å². The minimum atomic E-state index is -0.0765. The molecule has 1 amide bonds. The number of carbonyl (C=O) groups is 1. The van der Waals surface area contributed by atoms with Gasteiger partial charge in [-0.25, -0.2) is 0 Å². The van der Waals surface area contributed by atoms with E-state index in [1.165, 1.54) is 30.4 Å². The van der Waals surface area contributed by atoms with E-state index in [9.17, 15) is 4.79 Å². The zero-order valence-corrected chi connectivity index (χ0v) is 16.7. The minimum absolute atomic E-state index is 0. The van der Waals surface area contributed by atoms with E-state index in [1.807, 2.05) is 13.1 Å². The van der Waals surface area contributed by atoms with Crippen LogP contribution in [0.2, 0.25) is 0 Å². The molecule has 2 aromatic rings. The molecule has 2 aliphatic carbocycles. The normalized spacial score (nSPS) is 20.7. The van der Waals surface area contributed by atoms with Crippen molar-refractivity contribution >= 4 is 36.4 Å². The molecule has 0 saturated heterocycles. The van der Waals surface area contributed by atoms with Crippen molar-refractivity contribution in [3.8, 4) is 0 Å². The first kappa shape index (κ1) is 20.7. The number of hydrogen-bond donors (Lipinski definition) is 2. The van der Waals surface area contributed by atoms with Crippen LogP contribution in [-0.4, -0.2) is 28.3 Å². The summed E-state index contributed by atoms with van der Waals surface area (Å²) in [7, 11) is 1.83. The van der Waals surface area contributed by atoms with Gasteiger partial charge in [-0.3, -0.25) is 9.48 Å². The number of aryl methyl sites for hydroxylation is 2. The summed E-state index contributed by atoms with van der Waals surface area (Å²) in [5.74, 6) is 1.38. The number of benzene rings is 1. The Morgan fingerprint density at radius 3 is 2.73 bits per heavy atom. The molecule has 0 spiro atoms. The first-order valence-electron chi connectivity index (χ1n) is 8.74. The lowest BCUT2D eigenvalue weighted by Gasteiger charge is -2.09. The largest absolute Gasteiger partial charge is 0.319 e. The number of halogens is 2. The number of aromatic nitrogens is 2. The maximum Gasteiger partial charge on any atom is 0.255 e. The lowest BCUT2D eigenvalue weighted by molar-refractivity contribution is 0.102. The van der Waals surface area contributed by atoms with Gasteiger partial charge >= 0.3 is 0 Å². The summed E-state index contributed by atoms with van der Waals surface area (Å²) in [6, 6.07) is 6.61. The van der Waals surface area contributed by atoms with Gasteiger partial charge in [0.2, 0.25) is 0 Å². The van der Waals surface area contributed by atoms with E-state index in [0.29, 0.717) is 17.5 Å². The van der Waals surface area contributed by atoms with Gasteiger partial charge in [0.05, 0.1) is 11.9 Å². The second-order valence-electron chi connectivity index (χ2n) is 7.23. The third kappa shape index (κ3) is 4.78. The Kier molecular flexibility index (Phi) is 6.72. The average Bonchev–Trinajstić information content (AvgIpc) is 3.46. The van der Waals surface area contributed by atoms with Gasteiger partial charge in [-0.15, -0.1) is 24.8 Å². The van der Waals surface area contributed by atoms with Crippen LogP contribution in [-0.2, 0) is 7.05 Å². The average molecular weight is 397 g/mol. The Labute approximate surface area is 166 Å². The van der Waals surface area contributed by atoms with Crippen molar-refractivity contribution in [2.75, 3.05) is 11.9 Å². The molecule has 0 radical (unpaired) electrons. The Balaban J connectivity index is 0.00000121. The molecule has 1 aromatic carbocycles. The zero-order chi connectivity index (χ0) is 16.7. The van der Waals surface area contributed by atoms with Crippen LogP contribution >= 0.6 is 24.8 Å². The van der Waals surface area contributed by atoms with Crippen molar-refractivity contribution < 1.29 is 4.79 Å². The van der Waals surface area contributed by atoms with E-state index in [2.05, 4.69) is 34.8 Å². The Morgan fingerprint density at radius 1 is 1.31 bits per heavy atom. The molecule has 0 unspecified atom stereocenters. The topological polar surface area (TPSA) is 59.0 Å². The number of nitrogens with zero attached hydrogens (tertiary/aromatic N) is 2. The monoisotopic (exact) mass is 396 g/mol. The Hall–Kier alpha value is -1.56. The van der Waals surface area contributed by atoms with Crippen molar-refractivity contribution in [2.45, 2.75) is 38.1 Å². The van der Waals surface area contributed by atoms with Gasteiger partial charge in [0.25, 0.3) is 5.91 Å². The lowest BCUT2D eigenvalue weighted by Crippen LogP contribution is -2.20. The van der Waals surface area contributed by atoms with Crippen molar-refractivity contribution in [1.82, 2.24) is 15.1 Å². The first-order chi connectivity index (χ1) is 11.6. The second-order valence-corrected chi connectivity index (χ2v) is 7.23. The van der Waals surface area contributed by atoms with E-state index < -0.39 is 0 Å². The molecule has 26 heavy (non-hydrogen) atoms. The Bertz CT molecular complexity index is 773. The molecular weight excluding hydrogens is 371 g/mol. The van der Waals surface area contributed by atoms with Crippen LogP contribution in [0.25, 0.3) is 0 Å². The highest BCUT2D eigenvalue weighted by Gasteiger charge is 2.39. The van der Waals surface area contributed by atoms with E-state index >= 15 is 0 Å². The number of nitrogens with one attached hydrogen (secondary N) is 2. The molecule has 0 bridgehead atoms. The third-order valence-electron chi connectivity index (χ3n) is 5.06. The lowest BCUT2D eigenvalue weighted by atomic mass is 10.0. The van der Waals surface area contributed by atoms with Crippen LogP contribution in [0.5, 0.6) is 0 Å². The molecule has 2 aliphatic rings. The second kappa shape index (κ2) is 8.42. The molecule has 1 aromatic heterocycles. The third-order valence-corrected chi connectivity index (χ3v) is 5.06. The minimum Gasteiger partial charge on any atom is -0.319 e. The molecule has 142 valence electrons. The van der Waals surface area contributed by atoms with E-state index in [1.54, 1.807) is 17.1 Å². The maximum atomic E-state index is 12.5. The molecule has 1 heterocycles. The molecule has 7 heteroatoms. The smallest absolute Gasteiger partial charge is 0.255 e. The number of anilines is 1. The molecule has 2 N–H and O–H groups in total. The number of hydrogen-bond acceptors (Lipinski definition) is 3. The summed E-state index contributed by atoms with van der Waals surface area (Å²) in [5.41, 5.74) is 4.02. The van der Waals surface area contributed by atoms with Gasteiger partial charge in [0.1, 0.15) is 0 Å². The maximum absolute atomic E-state index is 12.5. The summed E-state index contributed by atoms with van der Waals surface area (Å²) in [5, 5.41) is 10.7. The van der Waals surface area contributed by atoms with Gasteiger partial charge in [-0.05, 0) is 61.9 Å². The zero-order valence-electron chi connectivity index (χ0n) is 15.1. The van der Waals surface area contributed by atoms with Crippen LogP contribution in [0.4, 0.5) is 5.69 Å². The SMILES string of the molecule is Cc1ccc(C(=O)Nc2cnn(C)c2)cc1[C@@H]1C[C@H]1NCC1CC1.Cl.Cl. The van der Waals surface area contributed by atoms with E-state index in [4.69, 9.17) is 0 Å². The highest BCUT2D eigenvalue weighted by molar-refractivity contribution is 6.04. The molecule has 2 atom stereocenters. The summed E-state index contributed by atoms with van der Waals surface area (Å²) in [4.78, 5) is 12.5. The fraction of sp³-hybridized carbons (Fsp3) is 0.474. The first-order valence-corrected chi connectivity index (χ1v) is 8.74. The van der Waals surface area contributed by atoms with Crippen molar-refractivity contribution in [2.24, 2.45) is 13.0 Å². The predicted molar refractivity (Wildman–Crippen MR) is 109 cm³/mol. The molecule has 2 saturated carbocycles. The highest BCUT2D eigenvalue weighted by atomic mass is 35.5. The number of rotatable bonds is 6. The van der Waals surface area contributed by atoms with Crippen LogP contribution in [0.1, 0.15) is 46.7 Å². The quantitative estimate of drug-likeness (QED) is 0.782. The molecule has 5 nitrogen and oxygen atoms in total. The highest BCUT2D eigenvalue weighted by Crippen LogP contribution is 2.43.